The first-order valence-corrected chi connectivity index (χ1v) is 6.14. The largest absolute Gasteiger partial charge is 0.477 e. The standard InChI is InChI=1S/C7H2ClF3O.C7H3F3O2.CH4/c8-7(12)6-4(10)1-3(9)2-5(6)11;8-3-1-4(9)6(7(11)12)5(10)2-3;/h1-2H;1-2H,(H,11,12);1H4. The van der Waals surface area contributed by atoms with Gasteiger partial charge in [-0.2, -0.15) is 0 Å². The van der Waals surface area contributed by atoms with E-state index in [0.717, 1.165) is 0 Å². The van der Waals surface area contributed by atoms with Crippen molar-refractivity contribution in [2.75, 3.05) is 0 Å². The Morgan fingerprint density at radius 3 is 1.24 bits per heavy atom. The van der Waals surface area contributed by atoms with Crippen LogP contribution in [0, 0.1) is 34.9 Å². The van der Waals surface area contributed by atoms with Gasteiger partial charge in [0.25, 0.3) is 5.24 Å². The van der Waals surface area contributed by atoms with E-state index in [9.17, 15) is 35.9 Å². The molecule has 0 heterocycles. The summed E-state index contributed by atoms with van der Waals surface area (Å²) >= 11 is 4.82. The van der Waals surface area contributed by atoms with Crippen molar-refractivity contribution in [3.8, 4) is 0 Å². The number of hydrogen-bond donors (Lipinski definition) is 1. The van der Waals surface area contributed by atoms with Gasteiger partial charge in [0.05, 0.1) is 0 Å². The normalized spacial score (nSPS) is 9.56. The van der Waals surface area contributed by atoms with E-state index in [1.807, 2.05) is 0 Å². The average molecular weight is 387 g/mol. The SMILES string of the molecule is C.O=C(Cl)c1c(F)cc(F)cc1F.O=C(O)c1c(F)cc(F)cc1F. The summed E-state index contributed by atoms with van der Waals surface area (Å²) in [4.78, 5) is 20.5. The fraction of sp³-hybridized carbons (Fsp3) is 0.0667. The summed E-state index contributed by atoms with van der Waals surface area (Å²) in [6.07, 6.45) is 0. The Morgan fingerprint density at radius 1 is 0.720 bits per heavy atom. The number of aromatic carboxylic acids is 1. The lowest BCUT2D eigenvalue weighted by atomic mass is 10.2. The van der Waals surface area contributed by atoms with Crippen LogP contribution in [0.3, 0.4) is 0 Å². The monoisotopic (exact) mass is 386 g/mol. The second-order valence-corrected chi connectivity index (χ2v) is 4.41. The fourth-order valence-corrected chi connectivity index (χ4v) is 1.66. The predicted molar refractivity (Wildman–Crippen MR) is 76.5 cm³/mol. The number of rotatable bonds is 2. The van der Waals surface area contributed by atoms with Crippen LogP contribution in [-0.2, 0) is 0 Å². The molecule has 25 heavy (non-hydrogen) atoms. The second-order valence-electron chi connectivity index (χ2n) is 4.07. The highest BCUT2D eigenvalue weighted by molar-refractivity contribution is 6.67. The minimum Gasteiger partial charge on any atom is -0.477 e. The summed E-state index contributed by atoms with van der Waals surface area (Å²) in [5, 5.41) is 6.95. The van der Waals surface area contributed by atoms with E-state index in [1.165, 1.54) is 0 Å². The molecule has 0 bridgehead atoms. The Hall–Kier alpha value is -2.55. The molecule has 0 saturated heterocycles. The third kappa shape index (κ3) is 5.79. The first kappa shape index (κ1) is 22.4. The predicted octanol–water partition coefficient (Wildman–Crippen LogP) is 4.92. The van der Waals surface area contributed by atoms with Crippen LogP contribution < -0.4 is 0 Å². The van der Waals surface area contributed by atoms with E-state index in [-0.39, 0.29) is 7.43 Å². The van der Waals surface area contributed by atoms with Gasteiger partial charge in [0.1, 0.15) is 46.0 Å². The van der Waals surface area contributed by atoms with Crippen LogP contribution in [0.4, 0.5) is 26.3 Å². The average Bonchev–Trinajstić information content (AvgIpc) is 2.35. The van der Waals surface area contributed by atoms with Gasteiger partial charge in [-0.3, -0.25) is 4.79 Å². The summed E-state index contributed by atoms with van der Waals surface area (Å²) in [6.45, 7) is 0. The van der Waals surface area contributed by atoms with Crippen LogP contribution >= 0.6 is 11.6 Å². The molecule has 0 saturated carbocycles. The van der Waals surface area contributed by atoms with E-state index < -0.39 is 57.2 Å². The Morgan fingerprint density at radius 2 is 1.00 bits per heavy atom. The van der Waals surface area contributed by atoms with Crippen molar-refractivity contribution in [1.29, 1.82) is 0 Å². The molecule has 0 fully saturated rings. The van der Waals surface area contributed by atoms with Crippen molar-refractivity contribution in [3.05, 3.63) is 70.3 Å². The van der Waals surface area contributed by atoms with Crippen LogP contribution in [0.5, 0.6) is 0 Å². The van der Waals surface area contributed by atoms with Crippen molar-refractivity contribution in [2.24, 2.45) is 0 Å². The van der Waals surface area contributed by atoms with Gasteiger partial charge >= 0.3 is 5.97 Å². The third-order valence-corrected chi connectivity index (χ3v) is 2.61. The van der Waals surface area contributed by atoms with Crippen molar-refractivity contribution in [3.63, 3.8) is 0 Å². The lowest BCUT2D eigenvalue weighted by Gasteiger charge is -1.98. The summed E-state index contributed by atoms with van der Waals surface area (Å²) in [6, 6.07) is 1.40. The summed E-state index contributed by atoms with van der Waals surface area (Å²) in [5.74, 6) is -9.42. The van der Waals surface area contributed by atoms with E-state index in [4.69, 9.17) is 16.7 Å². The molecule has 1 N–H and O–H groups in total. The number of carboxylic acids is 1. The molecule has 0 radical (unpaired) electrons. The Labute approximate surface area is 142 Å². The highest BCUT2D eigenvalue weighted by Crippen LogP contribution is 2.16. The molecule has 0 aliphatic rings. The maximum absolute atomic E-state index is 12.6. The molecule has 136 valence electrons. The molecule has 0 aliphatic heterocycles. The molecule has 0 spiro atoms. The number of carbonyl (C=O) groups is 2. The van der Waals surface area contributed by atoms with Gasteiger partial charge in [-0.1, -0.05) is 7.43 Å². The summed E-state index contributed by atoms with van der Waals surface area (Å²) in [5.41, 5.74) is -2.07. The fourth-order valence-electron chi connectivity index (χ4n) is 1.48. The zero-order valence-corrected chi connectivity index (χ0v) is 12.0. The lowest BCUT2D eigenvalue weighted by molar-refractivity contribution is 0.0686. The van der Waals surface area contributed by atoms with Crippen LogP contribution in [-0.4, -0.2) is 16.3 Å². The number of carboxylic acid groups (broad SMARTS) is 1. The third-order valence-electron chi connectivity index (χ3n) is 2.42. The van der Waals surface area contributed by atoms with Gasteiger partial charge in [0.2, 0.25) is 0 Å². The van der Waals surface area contributed by atoms with Crippen molar-refractivity contribution in [2.45, 2.75) is 7.43 Å². The number of halogens is 7. The van der Waals surface area contributed by atoms with Gasteiger partial charge < -0.3 is 5.11 Å². The van der Waals surface area contributed by atoms with Gasteiger partial charge in [-0.15, -0.1) is 0 Å². The molecular weight excluding hydrogens is 378 g/mol. The van der Waals surface area contributed by atoms with Crippen molar-refractivity contribution < 1.29 is 41.0 Å². The minimum atomic E-state index is -1.76. The quantitative estimate of drug-likeness (QED) is 0.588. The van der Waals surface area contributed by atoms with Crippen LogP contribution in [0.15, 0.2) is 24.3 Å². The maximum atomic E-state index is 12.6. The molecule has 0 amide bonds. The zero-order chi connectivity index (χ0) is 18.6. The molecular formula is C15H9ClF6O3. The molecule has 3 nitrogen and oxygen atoms in total. The maximum Gasteiger partial charge on any atom is 0.341 e. The van der Waals surface area contributed by atoms with E-state index in [2.05, 4.69) is 0 Å². The van der Waals surface area contributed by atoms with Gasteiger partial charge in [0, 0.05) is 24.3 Å². The molecule has 0 aliphatic carbocycles. The number of carbonyl (C=O) groups excluding carboxylic acids is 1. The van der Waals surface area contributed by atoms with Crippen LogP contribution in [0.25, 0.3) is 0 Å². The van der Waals surface area contributed by atoms with Gasteiger partial charge in [-0.25, -0.2) is 31.1 Å². The van der Waals surface area contributed by atoms with Gasteiger partial charge in [-0.05, 0) is 11.6 Å². The number of benzene rings is 2. The Balaban J connectivity index is 0.000000443. The molecule has 0 aromatic heterocycles. The molecule has 2 aromatic carbocycles. The molecule has 2 aromatic rings. The Bertz CT molecular complexity index is 696. The summed E-state index contributed by atoms with van der Waals surface area (Å²) in [7, 11) is 0. The second kappa shape index (κ2) is 9.07. The molecule has 0 unspecified atom stereocenters. The van der Waals surface area contributed by atoms with Crippen LogP contribution in [0.2, 0.25) is 0 Å². The molecule has 10 heteroatoms. The minimum absolute atomic E-state index is 0. The van der Waals surface area contributed by atoms with E-state index in [1.54, 1.807) is 0 Å². The highest BCUT2D eigenvalue weighted by Gasteiger charge is 2.17. The molecule has 2 rings (SSSR count). The zero-order valence-electron chi connectivity index (χ0n) is 11.2. The van der Waals surface area contributed by atoms with Crippen molar-refractivity contribution in [1.82, 2.24) is 0 Å². The first-order chi connectivity index (χ1) is 11.0. The Kier molecular flexibility index (Phi) is 8.14. The molecule has 0 atom stereocenters. The smallest absolute Gasteiger partial charge is 0.341 e. The van der Waals surface area contributed by atoms with E-state index in [0.29, 0.717) is 24.3 Å². The highest BCUT2D eigenvalue weighted by atomic mass is 35.5. The van der Waals surface area contributed by atoms with Crippen LogP contribution in [0.1, 0.15) is 28.1 Å². The first-order valence-electron chi connectivity index (χ1n) is 5.76. The van der Waals surface area contributed by atoms with Crippen molar-refractivity contribution >= 4 is 22.8 Å². The van der Waals surface area contributed by atoms with Gasteiger partial charge in [0.15, 0.2) is 0 Å². The number of hydrogen-bond acceptors (Lipinski definition) is 2. The van der Waals surface area contributed by atoms with E-state index >= 15 is 0 Å². The topological polar surface area (TPSA) is 54.4 Å². The lowest BCUT2D eigenvalue weighted by Crippen LogP contribution is -2.04. The summed E-state index contributed by atoms with van der Waals surface area (Å²) < 4.78 is 74.6.